The molecule has 2 aliphatic heterocycles. The Morgan fingerprint density at radius 3 is 1.09 bits per heavy atom. The zero-order valence-corrected chi connectivity index (χ0v) is 84.6. The van der Waals surface area contributed by atoms with Crippen molar-refractivity contribution in [1.29, 1.82) is 0 Å². The van der Waals surface area contributed by atoms with Crippen LogP contribution >= 0.6 is 0 Å². The summed E-state index contributed by atoms with van der Waals surface area (Å²) in [6.45, 7) is 22.7. The maximum absolute atomic E-state index is 15.8. The molecule has 16 atom stereocenters. The number of amides is 6. The molecule has 13 aromatic rings. The second-order valence-corrected chi connectivity index (χ2v) is 50.1. The second kappa shape index (κ2) is 35.2. The lowest BCUT2D eigenvalue weighted by Gasteiger charge is -2.58. The predicted octanol–water partition coefficient (Wildman–Crippen LogP) is 26.4. The first kappa shape index (κ1) is 93.0. The van der Waals surface area contributed by atoms with Gasteiger partial charge in [0, 0.05) is 109 Å². The molecule has 23 rings (SSSR count). The lowest BCUT2D eigenvalue weighted by molar-refractivity contribution is -0.0581. The molecule has 13 aromatic carbocycles. The molecular formula is C120H134N6O12S2. The Labute approximate surface area is 823 Å². The average Bonchev–Trinajstić information content (AvgIpc) is 0.935. The maximum Gasteiger partial charge on any atom is 0.407 e. The number of allylic oxidation sites excluding steroid dienone is 2. The molecule has 140 heavy (non-hydrogen) atoms. The van der Waals surface area contributed by atoms with E-state index in [0.717, 1.165) is 150 Å². The van der Waals surface area contributed by atoms with Crippen LogP contribution in [0.1, 0.15) is 252 Å². The smallest absolute Gasteiger partial charge is 0.407 e. The Morgan fingerprint density at radius 2 is 0.721 bits per heavy atom. The van der Waals surface area contributed by atoms with Gasteiger partial charge in [-0.25, -0.2) is 26.4 Å². The van der Waals surface area contributed by atoms with Crippen LogP contribution in [0.5, 0.6) is 0 Å². The third-order valence-corrected chi connectivity index (χ3v) is 42.4. The van der Waals surface area contributed by atoms with Crippen LogP contribution in [-0.4, -0.2) is 136 Å². The van der Waals surface area contributed by atoms with E-state index in [0.29, 0.717) is 101 Å². The standard InChI is InChI=1S/C120H134N6O12S2/c1-69(2)15-11-17-71(5)95-45-47-97-87-35-31-79-67-81(51-55-117(79,7)99(87)53-57-119(95,97)9)137-115(131)121-59-61-123(139(133,134)101-49-29-77-25-23-73-19-13-21-75-27-33-89(101)105(77)103(73)75)63-65-125-111(127)91-41-37-83-85-39-43-93-110-94(44-40-86(108(85)110)84-38-42-92(112(125)128)109(91)107(83)84)114(130)126(113(93)129)66-64-124(140(135,136)102-50-30-78-26-24-74-20-14-22-76-28-34-90(102)106(78)104(74)76)62-60-122-116(132)138-82-52-56-118(8)80(68-82)32-36-88-98-48-46-96(72(6)18-12-16-70(3)4)120(98,10)58-54-100(88)118/h13-14,19-34,37-44,49-50,69-72,81-82,87-88,95-100H,11-12,15-18,35-36,45-48,51-68H2,1-10H3,(H,121,131)(H,122,132)/t71-,72-,81+,82+,87+,88+,95-,96-,97+,98+,99+,100+,117+,118+,119-,120-/m1/s1. The number of rotatable bonds is 28. The highest BCUT2D eigenvalue weighted by Crippen LogP contribution is 2.70. The fourth-order valence-corrected chi connectivity index (χ4v) is 34.7. The SMILES string of the molecule is CC(C)CCC[C@@H](C)[C@H]1CC[C@H]2[C@@H]3CC=C4C[C@@H](OC(=O)NCCN(CCN5C(=O)c6ccc7c8ccc9c%10c(ccc(c%11ccc(c6c7%11)C5=O)c%108)C(=O)N(CCN(CCNC(=O)O[C@H]5CC[C@@]6(C)C(=CC[C@H]7[C@@H]8CC[C@H]([C@H](C)CCCC(C)C)[C@@]8(C)CC[C@@H]76)C5)S(=O)(=O)c5ccc6ccc7cccc8ccc5c6c78)C9=O)S(=O)(=O)c5ccc6ccc7cccc8ccc5c6c78)CC[C@]4(C)[C@H]3CC[C@]12C. The van der Waals surface area contributed by atoms with Gasteiger partial charge in [-0.3, -0.25) is 29.0 Å². The number of carbonyl (C=O) groups excluding carboxylic acids is 6. The van der Waals surface area contributed by atoms with Crippen LogP contribution in [0.15, 0.2) is 191 Å². The number of fused-ring (bicyclic) bond motifs is 12. The Balaban J connectivity index is 0.484. The fraction of sp³-hybridized carbons (Fsp3) is 0.483. The molecule has 6 amide bonds. The van der Waals surface area contributed by atoms with Crippen LogP contribution in [-0.2, 0) is 29.5 Å². The summed E-state index contributed by atoms with van der Waals surface area (Å²) >= 11 is 0. The van der Waals surface area contributed by atoms with Gasteiger partial charge in [-0.2, -0.15) is 8.61 Å². The molecule has 0 saturated heterocycles. The van der Waals surface area contributed by atoms with E-state index in [1.54, 1.807) is 36.4 Å². The lowest BCUT2D eigenvalue weighted by atomic mass is 9.47. The zero-order valence-electron chi connectivity index (χ0n) is 83.0. The van der Waals surface area contributed by atoms with Crippen molar-refractivity contribution < 1.29 is 55.1 Å². The number of imide groups is 2. The minimum Gasteiger partial charge on any atom is -0.446 e. The monoisotopic (exact) mass is 1910 g/mol. The normalized spacial score (nSPS) is 27.3. The van der Waals surface area contributed by atoms with Crippen LogP contribution < -0.4 is 10.6 Å². The first-order chi connectivity index (χ1) is 67.3. The van der Waals surface area contributed by atoms with Crippen molar-refractivity contribution in [2.45, 2.75) is 232 Å². The third kappa shape index (κ3) is 14.9. The Morgan fingerprint density at radius 1 is 0.379 bits per heavy atom. The van der Waals surface area contributed by atoms with Gasteiger partial charge in [0.05, 0.1) is 9.79 Å². The summed E-state index contributed by atoms with van der Waals surface area (Å²) in [6.07, 6.45) is 28.1. The van der Waals surface area contributed by atoms with Crippen molar-refractivity contribution in [2.24, 2.45) is 92.7 Å². The molecule has 0 spiro atoms. The number of carbonyl (C=O) groups is 6. The van der Waals surface area contributed by atoms with E-state index in [-0.39, 0.29) is 107 Å². The van der Waals surface area contributed by atoms with Crippen molar-refractivity contribution in [1.82, 2.24) is 29.0 Å². The molecule has 10 aliphatic rings. The Bertz CT molecular complexity index is 6980. The first-order valence-corrected chi connectivity index (χ1v) is 55.8. The summed E-state index contributed by atoms with van der Waals surface area (Å²) in [4.78, 5) is 92.7. The number of benzene rings is 13. The topological polar surface area (TPSA) is 226 Å². The summed E-state index contributed by atoms with van der Waals surface area (Å²) in [5.74, 6) is 6.03. The number of ether oxygens (including phenoxy) is 2. The summed E-state index contributed by atoms with van der Waals surface area (Å²) in [5, 5.41) is 20.8. The van der Waals surface area contributed by atoms with E-state index in [1.165, 1.54) is 110 Å². The van der Waals surface area contributed by atoms with Crippen LogP contribution in [0, 0.1) is 92.7 Å². The van der Waals surface area contributed by atoms with Crippen LogP contribution in [0.3, 0.4) is 0 Å². The molecule has 2 N–H and O–H groups in total. The molecule has 2 heterocycles. The molecule has 0 radical (unpaired) electrons. The van der Waals surface area contributed by atoms with Gasteiger partial charge in [0.1, 0.15) is 12.2 Å². The molecule has 0 aromatic heterocycles. The zero-order chi connectivity index (χ0) is 96.9. The van der Waals surface area contributed by atoms with Gasteiger partial charge in [0.25, 0.3) is 23.6 Å². The molecule has 8 aliphatic carbocycles. The average molecular weight is 1920 g/mol. The summed E-state index contributed by atoms with van der Waals surface area (Å²) in [7, 11) is -8.93. The molecule has 0 unspecified atom stereocenters. The minimum atomic E-state index is -4.47. The van der Waals surface area contributed by atoms with E-state index >= 15 is 36.0 Å². The number of nitrogens with one attached hydrogen (secondary N) is 2. The highest BCUT2D eigenvalue weighted by Gasteiger charge is 2.62. The Kier molecular flexibility index (Phi) is 23.4. The molecule has 728 valence electrons. The predicted molar refractivity (Wildman–Crippen MR) is 559 cm³/mol. The van der Waals surface area contributed by atoms with Gasteiger partial charge in [-0.15, -0.1) is 0 Å². The third-order valence-electron chi connectivity index (χ3n) is 38.5. The summed E-state index contributed by atoms with van der Waals surface area (Å²) in [5.41, 5.74) is 4.60. The Hall–Kier alpha value is -10.6. The van der Waals surface area contributed by atoms with E-state index in [2.05, 4.69) is 92.0 Å². The number of sulfonamides is 2. The maximum atomic E-state index is 15.8. The van der Waals surface area contributed by atoms with E-state index in [4.69, 9.17) is 9.47 Å². The number of nitrogens with zero attached hydrogens (tertiary/aromatic N) is 4. The number of alkyl carbamates (subject to hydrolysis) is 2. The quantitative estimate of drug-likeness (QED) is 0.0202. The van der Waals surface area contributed by atoms with Gasteiger partial charge in [0.2, 0.25) is 20.0 Å². The van der Waals surface area contributed by atoms with Crippen LogP contribution in [0.4, 0.5) is 9.59 Å². The molecule has 20 heteroatoms. The van der Waals surface area contributed by atoms with E-state index in [9.17, 15) is 9.59 Å². The van der Waals surface area contributed by atoms with Gasteiger partial charge < -0.3 is 20.1 Å². The van der Waals surface area contributed by atoms with Crippen molar-refractivity contribution in [3.8, 4) is 0 Å². The lowest BCUT2D eigenvalue weighted by Crippen LogP contribution is -2.51. The van der Waals surface area contributed by atoms with E-state index in [1.807, 2.05) is 121 Å². The van der Waals surface area contributed by atoms with Crippen LogP contribution in [0.2, 0.25) is 0 Å². The van der Waals surface area contributed by atoms with Gasteiger partial charge in [-0.05, 0) is 305 Å². The number of hydrogen-bond acceptors (Lipinski definition) is 12. The van der Waals surface area contributed by atoms with E-state index < -0.39 is 55.9 Å². The minimum absolute atomic E-state index is 0.0445. The van der Waals surface area contributed by atoms with Gasteiger partial charge in [0.15, 0.2) is 0 Å². The fourth-order valence-electron chi connectivity index (χ4n) is 31.5. The first-order valence-electron chi connectivity index (χ1n) is 52.9. The second-order valence-electron chi connectivity index (χ2n) is 46.3. The largest absolute Gasteiger partial charge is 0.446 e. The van der Waals surface area contributed by atoms with Crippen molar-refractivity contribution in [3.63, 3.8) is 0 Å². The highest BCUT2D eigenvalue weighted by atomic mass is 32.2. The van der Waals surface area contributed by atoms with Gasteiger partial charge in [-0.1, -0.05) is 252 Å². The summed E-state index contributed by atoms with van der Waals surface area (Å²) in [6, 6.07) is 48.7. The van der Waals surface area contributed by atoms with Crippen molar-refractivity contribution >= 4 is 164 Å². The highest BCUT2D eigenvalue weighted by molar-refractivity contribution is 7.89. The van der Waals surface area contributed by atoms with Gasteiger partial charge >= 0.3 is 12.2 Å². The molecule has 6 saturated carbocycles. The number of hydrogen-bond donors (Lipinski definition) is 2. The molecule has 18 nitrogen and oxygen atoms in total. The molecular weight excluding hydrogens is 1780 g/mol. The molecule has 0 bridgehead atoms. The van der Waals surface area contributed by atoms with Crippen molar-refractivity contribution in [3.05, 3.63) is 203 Å². The van der Waals surface area contributed by atoms with Crippen LogP contribution in [0.25, 0.3) is 108 Å². The molecule has 6 fully saturated rings. The van der Waals surface area contributed by atoms with Crippen molar-refractivity contribution in [2.75, 3.05) is 52.4 Å². The summed E-state index contributed by atoms with van der Waals surface area (Å²) < 4.78 is 78.5.